The van der Waals surface area contributed by atoms with E-state index in [0.29, 0.717) is 11.5 Å². The zero-order chi connectivity index (χ0) is 20.0. The van der Waals surface area contributed by atoms with Crippen LogP contribution in [0.1, 0.15) is 45.0 Å². The summed E-state index contributed by atoms with van der Waals surface area (Å²) in [6, 6.07) is 11.3. The summed E-state index contributed by atoms with van der Waals surface area (Å²) >= 11 is 0. The van der Waals surface area contributed by atoms with Crippen molar-refractivity contribution in [1.82, 2.24) is 9.97 Å². The van der Waals surface area contributed by atoms with Gasteiger partial charge in [-0.3, -0.25) is 14.6 Å². The molecule has 2 aromatic heterocycles. The van der Waals surface area contributed by atoms with Crippen molar-refractivity contribution in [2.75, 3.05) is 6.61 Å². The minimum atomic E-state index is -0.606. The van der Waals surface area contributed by atoms with E-state index in [4.69, 9.17) is 10.5 Å². The first-order valence-corrected chi connectivity index (χ1v) is 9.55. The molecule has 1 saturated carbocycles. The predicted molar refractivity (Wildman–Crippen MR) is 110 cm³/mol. The number of amides is 1. The number of benzene rings is 2. The molecule has 0 spiro atoms. The molecule has 0 saturated heterocycles. The fourth-order valence-electron chi connectivity index (χ4n) is 3.69. The van der Waals surface area contributed by atoms with Crippen LogP contribution in [0.4, 0.5) is 0 Å². The highest BCUT2D eigenvalue weighted by molar-refractivity contribution is 6.09. The van der Waals surface area contributed by atoms with Gasteiger partial charge in [-0.1, -0.05) is 12.1 Å². The number of hydrogen-bond acceptors (Lipinski definition) is 4. The van der Waals surface area contributed by atoms with Crippen LogP contribution in [-0.4, -0.2) is 28.3 Å². The average Bonchev–Trinajstić information content (AvgIpc) is 3.50. The molecule has 1 fully saturated rings. The van der Waals surface area contributed by atoms with Crippen molar-refractivity contribution in [3.8, 4) is 5.75 Å². The van der Waals surface area contributed by atoms with E-state index >= 15 is 0 Å². The third-order valence-corrected chi connectivity index (χ3v) is 5.42. The maximum absolute atomic E-state index is 12.8. The highest BCUT2D eigenvalue weighted by Crippen LogP contribution is 2.41. The molecule has 0 unspecified atom stereocenters. The molecule has 29 heavy (non-hydrogen) atoms. The monoisotopic (exact) mass is 385 g/mol. The molecule has 4 aromatic rings. The third kappa shape index (κ3) is 3.23. The first-order valence-electron chi connectivity index (χ1n) is 9.55. The Morgan fingerprint density at radius 1 is 1.10 bits per heavy atom. The maximum atomic E-state index is 12.8. The Morgan fingerprint density at radius 2 is 1.97 bits per heavy atom. The van der Waals surface area contributed by atoms with Gasteiger partial charge in [0.15, 0.2) is 6.61 Å². The van der Waals surface area contributed by atoms with E-state index < -0.39 is 5.91 Å². The summed E-state index contributed by atoms with van der Waals surface area (Å²) in [6.45, 7) is -0.191. The highest BCUT2D eigenvalue weighted by atomic mass is 16.5. The van der Waals surface area contributed by atoms with Gasteiger partial charge >= 0.3 is 0 Å². The van der Waals surface area contributed by atoms with E-state index in [1.807, 2.05) is 6.07 Å². The molecule has 2 aromatic carbocycles. The van der Waals surface area contributed by atoms with Gasteiger partial charge in [-0.25, -0.2) is 0 Å². The van der Waals surface area contributed by atoms with Gasteiger partial charge < -0.3 is 15.5 Å². The van der Waals surface area contributed by atoms with Crippen molar-refractivity contribution in [2.45, 2.75) is 18.8 Å². The third-order valence-electron chi connectivity index (χ3n) is 5.42. The number of fused-ring (bicyclic) bond motifs is 2. The average molecular weight is 385 g/mol. The Kier molecular flexibility index (Phi) is 4.05. The number of primary amides is 1. The normalized spacial score (nSPS) is 13.7. The molecule has 0 radical (unpaired) electrons. The number of H-pyrrole nitrogens is 1. The second kappa shape index (κ2) is 6.74. The molecule has 5 rings (SSSR count). The molecular formula is C23H19N3O3. The smallest absolute Gasteiger partial charge is 0.252 e. The molecule has 0 aliphatic heterocycles. The van der Waals surface area contributed by atoms with E-state index in [9.17, 15) is 9.59 Å². The summed E-state index contributed by atoms with van der Waals surface area (Å²) < 4.78 is 5.72. The number of Topliss-reactive ketones (excluding diaryl/α,β-unsaturated/α-hetero) is 1. The van der Waals surface area contributed by atoms with Crippen LogP contribution in [0.2, 0.25) is 0 Å². The number of carbonyl (C=O) groups excluding carboxylic acids is 2. The fraction of sp³-hybridized carbons (Fsp3) is 0.174. The number of nitrogens with two attached hydrogens (primary N) is 1. The van der Waals surface area contributed by atoms with E-state index in [1.165, 1.54) is 18.4 Å². The van der Waals surface area contributed by atoms with Crippen LogP contribution < -0.4 is 10.5 Å². The minimum absolute atomic E-state index is 0.169. The molecule has 0 bridgehead atoms. The number of carbonyl (C=O) groups is 2. The second-order valence-electron chi connectivity index (χ2n) is 7.43. The van der Waals surface area contributed by atoms with Gasteiger partial charge in [0.2, 0.25) is 5.78 Å². The van der Waals surface area contributed by atoms with Crippen LogP contribution in [0.25, 0.3) is 21.7 Å². The topological polar surface area (TPSA) is 98.1 Å². The van der Waals surface area contributed by atoms with Crippen LogP contribution in [0.5, 0.6) is 5.75 Å². The van der Waals surface area contributed by atoms with Crippen LogP contribution in [0.15, 0.2) is 55.0 Å². The van der Waals surface area contributed by atoms with Crippen molar-refractivity contribution < 1.29 is 14.3 Å². The van der Waals surface area contributed by atoms with Gasteiger partial charge in [0.1, 0.15) is 5.75 Å². The standard InChI is InChI=1S/C23H19N3O3/c24-23(28)18-7-15-5-6-25-10-16(15)9-22(18)29-12-21(27)19-11-26-20-8-14(13-1-2-13)3-4-17(19)20/h3-11,13,26H,1-2,12H2,(H2,24,28). The molecule has 6 heteroatoms. The zero-order valence-corrected chi connectivity index (χ0v) is 15.6. The van der Waals surface area contributed by atoms with Gasteiger partial charge in [0.25, 0.3) is 5.91 Å². The summed E-state index contributed by atoms with van der Waals surface area (Å²) in [7, 11) is 0. The molecule has 2 heterocycles. The number of aromatic nitrogens is 2. The molecule has 3 N–H and O–H groups in total. The van der Waals surface area contributed by atoms with E-state index in [2.05, 4.69) is 22.1 Å². The molecule has 1 aliphatic rings. The molecule has 144 valence electrons. The number of pyridine rings is 1. The van der Waals surface area contributed by atoms with Gasteiger partial charge in [-0.15, -0.1) is 0 Å². The number of hydrogen-bond donors (Lipinski definition) is 2. The largest absolute Gasteiger partial charge is 0.485 e. The van der Waals surface area contributed by atoms with Gasteiger partial charge in [-0.2, -0.15) is 0 Å². The Hall–Kier alpha value is -3.67. The lowest BCUT2D eigenvalue weighted by Gasteiger charge is -2.10. The Morgan fingerprint density at radius 3 is 2.76 bits per heavy atom. The van der Waals surface area contributed by atoms with Gasteiger partial charge in [-0.05, 0) is 54.0 Å². The predicted octanol–water partition coefficient (Wildman–Crippen LogP) is 3.95. The van der Waals surface area contributed by atoms with Crippen LogP contribution >= 0.6 is 0 Å². The molecular weight excluding hydrogens is 366 g/mol. The van der Waals surface area contributed by atoms with Crippen molar-refractivity contribution in [2.24, 2.45) is 5.73 Å². The van der Waals surface area contributed by atoms with Crippen LogP contribution in [0, 0.1) is 0 Å². The highest BCUT2D eigenvalue weighted by Gasteiger charge is 2.24. The number of ether oxygens (including phenoxy) is 1. The van der Waals surface area contributed by atoms with Crippen molar-refractivity contribution in [1.29, 1.82) is 0 Å². The second-order valence-corrected chi connectivity index (χ2v) is 7.43. The Bertz CT molecular complexity index is 1270. The van der Waals surface area contributed by atoms with Crippen LogP contribution in [0.3, 0.4) is 0 Å². The summed E-state index contributed by atoms with van der Waals surface area (Å²) in [5.74, 6) is 0.157. The Balaban J connectivity index is 1.41. The van der Waals surface area contributed by atoms with Crippen molar-refractivity contribution in [3.05, 3.63) is 71.7 Å². The number of ketones is 1. The number of rotatable bonds is 6. The summed E-state index contributed by atoms with van der Waals surface area (Å²) in [6.07, 6.45) is 7.49. The molecule has 6 nitrogen and oxygen atoms in total. The van der Waals surface area contributed by atoms with E-state index in [0.717, 1.165) is 21.7 Å². The molecule has 1 aliphatic carbocycles. The maximum Gasteiger partial charge on any atom is 0.252 e. The van der Waals surface area contributed by atoms with E-state index in [-0.39, 0.29) is 23.7 Å². The summed E-state index contributed by atoms with van der Waals surface area (Å²) in [4.78, 5) is 31.9. The lowest BCUT2D eigenvalue weighted by atomic mass is 10.1. The zero-order valence-electron chi connectivity index (χ0n) is 15.6. The number of aromatic amines is 1. The lowest BCUT2D eigenvalue weighted by molar-refractivity contribution is 0.0914. The summed E-state index contributed by atoms with van der Waals surface area (Å²) in [5.41, 5.74) is 8.58. The number of nitrogens with zero attached hydrogens (tertiary/aromatic N) is 1. The molecule has 0 atom stereocenters. The summed E-state index contributed by atoms with van der Waals surface area (Å²) in [5, 5.41) is 2.51. The van der Waals surface area contributed by atoms with Gasteiger partial charge in [0.05, 0.1) is 5.56 Å². The first-order chi connectivity index (χ1) is 14.1. The first kappa shape index (κ1) is 17.4. The minimum Gasteiger partial charge on any atom is -0.485 e. The SMILES string of the molecule is NC(=O)c1cc2ccncc2cc1OCC(=O)c1c[nH]c2cc(C3CC3)ccc12. The van der Waals surface area contributed by atoms with Crippen molar-refractivity contribution >= 4 is 33.4 Å². The lowest BCUT2D eigenvalue weighted by Crippen LogP contribution is -2.16. The number of nitrogens with one attached hydrogen (secondary N) is 1. The Labute approximate surface area is 166 Å². The van der Waals surface area contributed by atoms with E-state index in [1.54, 1.807) is 36.8 Å². The molecule has 1 amide bonds. The van der Waals surface area contributed by atoms with Crippen LogP contribution in [-0.2, 0) is 0 Å². The fourth-order valence-corrected chi connectivity index (χ4v) is 3.69. The van der Waals surface area contributed by atoms with Crippen molar-refractivity contribution in [3.63, 3.8) is 0 Å². The van der Waals surface area contributed by atoms with Gasteiger partial charge in [0, 0.05) is 40.4 Å². The quantitative estimate of drug-likeness (QED) is 0.491.